The van der Waals surface area contributed by atoms with Gasteiger partial charge in [0, 0.05) is 18.1 Å². The number of hydrogen-bond acceptors (Lipinski definition) is 7. The highest BCUT2D eigenvalue weighted by Crippen LogP contribution is 2.50. The maximum atomic E-state index is 13.7. The van der Waals surface area contributed by atoms with Gasteiger partial charge in [0.15, 0.2) is 0 Å². The molecule has 2 amide bonds. The lowest BCUT2D eigenvalue weighted by atomic mass is 9.69. The van der Waals surface area contributed by atoms with Crippen LogP contribution in [0.25, 0.3) is 11.6 Å². The number of carbonyl (C=O) groups excluding carboxylic acids is 2. The van der Waals surface area contributed by atoms with Gasteiger partial charge in [-0.15, -0.1) is 0 Å². The predicted molar refractivity (Wildman–Crippen MR) is 156 cm³/mol. The lowest BCUT2D eigenvalue weighted by Gasteiger charge is -2.31. The Bertz CT molecular complexity index is 1600. The molecule has 42 heavy (non-hydrogen) atoms. The number of carbonyl (C=O) groups is 2. The zero-order valence-corrected chi connectivity index (χ0v) is 22.8. The van der Waals surface area contributed by atoms with Gasteiger partial charge in [0.25, 0.3) is 5.69 Å². The number of anilines is 1. The SMILES string of the molecule is O=C1[C@@H]2[C@@H](CC(CO)=C3[C@@H](CC/C(=C/c4ccc(O)cc4)c4ccccc4)OC[C@@H]32)C(=O)N1c1cccc([N+](=O)[O-])c1. The monoisotopic (exact) mass is 566 g/mol. The Balaban J connectivity index is 1.26. The maximum Gasteiger partial charge on any atom is 0.271 e. The van der Waals surface area contributed by atoms with Crippen LogP contribution in [0.1, 0.15) is 30.4 Å². The minimum Gasteiger partial charge on any atom is -0.508 e. The molecule has 2 saturated heterocycles. The van der Waals surface area contributed by atoms with Crippen LogP contribution in [-0.2, 0) is 14.3 Å². The summed E-state index contributed by atoms with van der Waals surface area (Å²) >= 11 is 0. The fraction of sp³-hybridized carbons (Fsp3) is 0.273. The van der Waals surface area contributed by atoms with E-state index in [1.165, 1.54) is 24.3 Å². The number of aromatic hydroxyl groups is 1. The number of imide groups is 1. The van der Waals surface area contributed by atoms with Gasteiger partial charge in [0.05, 0.1) is 41.8 Å². The largest absolute Gasteiger partial charge is 0.508 e. The Morgan fingerprint density at radius 1 is 1.00 bits per heavy atom. The van der Waals surface area contributed by atoms with E-state index in [1.807, 2.05) is 42.5 Å². The fourth-order valence-electron chi connectivity index (χ4n) is 6.63. The van der Waals surface area contributed by atoms with Crippen LogP contribution in [-0.4, -0.2) is 46.3 Å². The van der Waals surface area contributed by atoms with Gasteiger partial charge in [0.1, 0.15) is 5.75 Å². The fourth-order valence-corrected chi connectivity index (χ4v) is 6.63. The summed E-state index contributed by atoms with van der Waals surface area (Å²) < 4.78 is 6.27. The van der Waals surface area contributed by atoms with Gasteiger partial charge in [-0.05, 0) is 65.3 Å². The zero-order chi connectivity index (χ0) is 29.4. The molecule has 0 radical (unpaired) electrons. The van der Waals surface area contributed by atoms with Crippen molar-refractivity contribution in [3.8, 4) is 5.75 Å². The van der Waals surface area contributed by atoms with Gasteiger partial charge < -0.3 is 14.9 Å². The van der Waals surface area contributed by atoms with Crippen molar-refractivity contribution in [2.75, 3.05) is 18.1 Å². The molecule has 3 aromatic carbocycles. The highest BCUT2D eigenvalue weighted by atomic mass is 16.6. The van der Waals surface area contributed by atoms with Gasteiger partial charge >= 0.3 is 0 Å². The van der Waals surface area contributed by atoms with Gasteiger partial charge in [-0.3, -0.25) is 19.7 Å². The molecule has 2 N–H and O–H groups in total. The number of aliphatic hydroxyl groups excluding tert-OH is 1. The average Bonchev–Trinajstić information content (AvgIpc) is 3.54. The third-order valence-electron chi connectivity index (χ3n) is 8.55. The van der Waals surface area contributed by atoms with Crippen molar-refractivity contribution >= 4 is 34.8 Å². The van der Waals surface area contributed by atoms with Gasteiger partial charge in [-0.2, -0.15) is 0 Å². The minimum atomic E-state index is -0.649. The first-order chi connectivity index (χ1) is 20.4. The van der Waals surface area contributed by atoms with Crippen LogP contribution in [0.5, 0.6) is 5.75 Å². The van der Waals surface area contributed by atoms with E-state index in [2.05, 4.69) is 6.08 Å². The summed E-state index contributed by atoms with van der Waals surface area (Å²) in [6.45, 7) is 0.0247. The summed E-state index contributed by atoms with van der Waals surface area (Å²) in [5.74, 6) is -2.23. The van der Waals surface area contributed by atoms with Crippen molar-refractivity contribution in [3.63, 3.8) is 0 Å². The van der Waals surface area contributed by atoms with Crippen LogP contribution < -0.4 is 4.90 Å². The van der Waals surface area contributed by atoms with E-state index in [-0.39, 0.29) is 54.7 Å². The topological polar surface area (TPSA) is 130 Å². The Kier molecular flexibility index (Phi) is 7.45. The van der Waals surface area contributed by atoms with E-state index in [9.17, 15) is 29.9 Å². The highest BCUT2D eigenvalue weighted by Gasteiger charge is 2.57. The van der Waals surface area contributed by atoms with Crippen LogP contribution >= 0.6 is 0 Å². The number of nitro benzene ring substituents is 1. The molecule has 0 spiro atoms. The second-order valence-electron chi connectivity index (χ2n) is 10.9. The summed E-state index contributed by atoms with van der Waals surface area (Å²) in [5, 5.41) is 31.4. The van der Waals surface area contributed by atoms with Crippen molar-refractivity contribution in [2.24, 2.45) is 17.8 Å². The van der Waals surface area contributed by atoms with Crippen molar-refractivity contribution in [2.45, 2.75) is 25.4 Å². The molecular weight excluding hydrogens is 536 g/mol. The van der Waals surface area contributed by atoms with Gasteiger partial charge in [-0.25, -0.2) is 4.90 Å². The molecule has 0 saturated carbocycles. The van der Waals surface area contributed by atoms with Crippen molar-refractivity contribution in [1.29, 1.82) is 0 Å². The van der Waals surface area contributed by atoms with Crippen molar-refractivity contribution in [3.05, 3.63) is 111 Å². The Morgan fingerprint density at radius 3 is 2.48 bits per heavy atom. The number of phenolic OH excluding ortho intramolecular Hbond substituents is 1. The normalized spacial score (nSPS) is 23.7. The summed E-state index contributed by atoms with van der Waals surface area (Å²) in [6.07, 6.45) is 3.28. The highest BCUT2D eigenvalue weighted by molar-refractivity contribution is 6.22. The molecule has 0 bridgehead atoms. The number of hydrogen-bond donors (Lipinski definition) is 2. The lowest BCUT2D eigenvalue weighted by Crippen LogP contribution is -2.35. The first kappa shape index (κ1) is 27.6. The summed E-state index contributed by atoms with van der Waals surface area (Å²) in [6, 6.07) is 22.5. The second kappa shape index (κ2) is 11.3. The number of nitrogens with zero attached hydrogens (tertiary/aromatic N) is 2. The quantitative estimate of drug-likeness (QED) is 0.127. The van der Waals surface area contributed by atoms with Gasteiger partial charge in [0.2, 0.25) is 11.8 Å². The number of non-ortho nitro benzene ring substituents is 1. The molecule has 4 atom stereocenters. The third-order valence-corrected chi connectivity index (χ3v) is 8.55. The summed E-state index contributed by atoms with van der Waals surface area (Å²) in [5.41, 5.74) is 4.71. The molecule has 1 aliphatic carbocycles. The molecule has 2 aliphatic heterocycles. The average molecular weight is 567 g/mol. The second-order valence-corrected chi connectivity index (χ2v) is 10.9. The number of phenols is 1. The smallest absolute Gasteiger partial charge is 0.271 e. The van der Waals surface area contributed by atoms with E-state index in [0.717, 1.165) is 32.7 Å². The van der Waals surface area contributed by atoms with Crippen LogP contribution in [0, 0.1) is 27.9 Å². The zero-order valence-electron chi connectivity index (χ0n) is 22.8. The first-order valence-corrected chi connectivity index (χ1v) is 14.0. The number of fused-ring (bicyclic) bond motifs is 3. The predicted octanol–water partition coefficient (Wildman–Crippen LogP) is 5.13. The minimum absolute atomic E-state index is 0.183. The van der Waals surface area contributed by atoms with E-state index in [0.29, 0.717) is 12.8 Å². The van der Waals surface area contributed by atoms with Crippen LogP contribution in [0.3, 0.4) is 0 Å². The number of ether oxygens (including phenoxy) is 1. The van der Waals surface area contributed by atoms with E-state index in [1.54, 1.807) is 12.1 Å². The number of rotatable bonds is 8. The summed E-state index contributed by atoms with van der Waals surface area (Å²) in [7, 11) is 0. The number of benzene rings is 3. The Labute approximate surface area is 242 Å². The number of amides is 2. The molecule has 2 fully saturated rings. The Morgan fingerprint density at radius 2 is 1.76 bits per heavy atom. The molecule has 9 heteroatoms. The molecule has 3 aliphatic rings. The first-order valence-electron chi connectivity index (χ1n) is 14.0. The van der Waals surface area contributed by atoms with Crippen LogP contribution in [0.4, 0.5) is 11.4 Å². The Hall–Kier alpha value is -4.60. The van der Waals surface area contributed by atoms with Crippen molar-refractivity contribution < 1.29 is 29.5 Å². The van der Waals surface area contributed by atoms with Crippen LogP contribution in [0.15, 0.2) is 90.0 Å². The molecule has 6 rings (SSSR count). The molecule has 0 aromatic heterocycles. The van der Waals surface area contributed by atoms with Crippen LogP contribution in [0.2, 0.25) is 0 Å². The van der Waals surface area contributed by atoms with E-state index >= 15 is 0 Å². The summed E-state index contributed by atoms with van der Waals surface area (Å²) in [4.78, 5) is 39.1. The molecule has 2 heterocycles. The number of allylic oxidation sites excluding steroid dienone is 1. The molecule has 214 valence electrons. The molecule has 9 nitrogen and oxygen atoms in total. The third kappa shape index (κ3) is 5.01. The van der Waals surface area contributed by atoms with Crippen molar-refractivity contribution in [1.82, 2.24) is 0 Å². The number of aliphatic hydroxyl groups is 1. The maximum absolute atomic E-state index is 13.7. The van der Waals surface area contributed by atoms with E-state index < -0.39 is 22.7 Å². The molecule has 3 aromatic rings. The lowest BCUT2D eigenvalue weighted by molar-refractivity contribution is -0.384. The molecule has 0 unspecified atom stereocenters. The van der Waals surface area contributed by atoms with E-state index in [4.69, 9.17) is 4.74 Å². The van der Waals surface area contributed by atoms with Gasteiger partial charge in [-0.1, -0.05) is 54.6 Å². The molecular formula is C33H30N2O7. The standard InChI is InChI=1S/C33H30N2O7/c36-18-23-16-27-31(33(39)34(32(27)38)24-7-4-8-25(17-24)35(40)41)28-19-42-29(30(23)28)14-11-22(21-5-2-1-3-6-21)15-20-9-12-26(37)13-10-20/h1-10,12-13,15,17,27-29,31,36-37H,11,14,16,18-19H2/b22-15-/t27-,28+,29-,31-/m1/s1. The number of nitro groups is 1.